The van der Waals surface area contributed by atoms with Crippen LogP contribution in [0.2, 0.25) is 0 Å². The summed E-state index contributed by atoms with van der Waals surface area (Å²) < 4.78 is 42.4. The number of halogens is 3. The van der Waals surface area contributed by atoms with Crippen molar-refractivity contribution in [2.45, 2.75) is 11.1 Å². The fourth-order valence-corrected chi connectivity index (χ4v) is 2.61. The van der Waals surface area contributed by atoms with E-state index in [1.807, 2.05) is 30.3 Å². The van der Waals surface area contributed by atoms with Gasteiger partial charge in [-0.25, -0.2) is 0 Å². The number of thioether (sulfide) groups is 1. The molecule has 0 heterocycles. The van der Waals surface area contributed by atoms with Crippen molar-refractivity contribution >= 4 is 17.7 Å². The highest BCUT2D eigenvalue weighted by Gasteiger charge is 2.30. The van der Waals surface area contributed by atoms with Crippen LogP contribution in [-0.4, -0.2) is 24.8 Å². The SMILES string of the molecule is O=C(COc1ccc(C(F)(F)F)cc1)NCCSc1ccccc1. The molecule has 0 bridgehead atoms. The number of amides is 1. The maximum absolute atomic E-state index is 12.4. The molecule has 1 amide bonds. The molecule has 0 unspecified atom stereocenters. The van der Waals surface area contributed by atoms with Gasteiger partial charge in [0.05, 0.1) is 5.56 Å². The molecule has 0 saturated heterocycles. The van der Waals surface area contributed by atoms with Gasteiger partial charge in [0.25, 0.3) is 5.91 Å². The van der Waals surface area contributed by atoms with E-state index in [0.717, 1.165) is 22.8 Å². The fourth-order valence-electron chi connectivity index (χ4n) is 1.82. The molecular formula is C17H16F3NO2S. The van der Waals surface area contributed by atoms with Gasteiger partial charge in [-0.05, 0) is 36.4 Å². The standard InChI is InChI=1S/C17H16F3NO2S/c18-17(19,20)13-6-8-14(9-7-13)23-12-16(22)21-10-11-24-15-4-2-1-3-5-15/h1-9H,10-12H2,(H,21,22). The number of nitrogens with one attached hydrogen (secondary N) is 1. The Hall–Kier alpha value is -2.15. The first kappa shape index (κ1) is 18.2. The summed E-state index contributed by atoms with van der Waals surface area (Å²) in [6.07, 6.45) is -4.38. The lowest BCUT2D eigenvalue weighted by Gasteiger charge is -2.09. The second kappa shape index (κ2) is 8.63. The third-order valence-corrected chi connectivity index (χ3v) is 4.00. The van der Waals surface area contributed by atoms with Crippen molar-refractivity contribution in [2.24, 2.45) is 0 Å². The first-order valence-electron chi connectivity index (χ1n) is 7.20. The number of benzene rings is 2. The topological polar surface area (TPSA) is 38.3 Å². The van der Waals surface area contributed by atoms with Gasteiger partial charge in [0, 0.05) is 17.2 Å². The number of ether oxygens (including phenoxy) is 1. The van der Waals surface area contributed by atoms with E-state index in [9.17, 15) is 18.0 Å². The third kappa shape index (κ3) is 6.16. The molecule has 0 spiro atoms. The fraction of sp³-hybridized carbons (Fsp3) is 0.235. The number of rotatable bonds is 7. The van der Waals surface area contributed by atoms with E-state index < -0.39 is 11.7 Å². The van der Waals surface area contributed by atoms with Crippen LogP contribution in [0.1, 0.15) is 5.56 Å². The van der Waals surface area contributed by atoms with E-state index in [1.54, 1.807) is 11.8 Å². The molecule has 3 nitrogen and oxygen atoms in total. The van der Waals surface area contributed by atoms with E-state index in [2.05, 4.69) is 5.32 Å². The van der Waals surface area contributed by atoms with Crippen LogP contribution in [0, 0.1) is 0 Å². The summed E-state index contributed by atoms with van der Waals surface area (Å²) in [6.45, 7) is 0.246. The molecule has 0 atom stereocenters. The van der Waals surface area contributed by atoms with E-state index in [1.165, 1.54) is 12.1 Å². The zero-order valence-corrected chi connectivity index (χ0v) is 13.5. The lowest BCUT2D eigenvalue weighted by molar-refractivity contribution is -0.137. The average Bonchev–Trinajstić information content (AvgIpc) is 2.57. The Morgan fingerprint density at radius 2 is 1.71 bits per heavy atom. The van der Waals surface area contributed by atoms with Crippen LogP contribution in [0.4, 0.5) is 13.2 Å². The van der Waals surface area contributed by atoms with Crippen LogP contribution < -0.4 is 10.1 Å². The van der Waals surface area contributed by atoms with Crippen molar-refractivity contribution < 1.29 is 22.7 Å². The molecule has 128 valence electrons. The molecule has 0 fully saturated rings. The minimum Gasteiger partial charge on any atom is -0.484 e. The highest BCUT2D eigenvalue weighted by molar-refractivity contribution is 7.99. The van der Waals surface area contributed by atoms with Gasteiger partial charge in [-0.15, -0.1) is 11.8 Å². The van der Waals surface area contributed by atoms with Gasteiger partial charge >= 0.3 is 6.18 Å². The largest absolute Gasteiger partial charge is 0.484 e. The summed E-state index contributed by atoms with van der Waals surface area (Å²) in [4.78, 5) is 12.7. The van der Waals surface area contributed by atoms with Crippen molar-refractivity contribution in [3.63, 3.8) is 0 Å². The Kier molecular flexibility index (Phi) is 6.54. The Morgan fingerprint density at radius 3 is 2.33 bits per heavy atom. The van der Waals surface area contributed by atoms with Gasteiger partial charge < -0.3 is 10.1 Å². The van der Waals surface area contributed by atoms with Gasteiger partial charge in [0.2, 0.25) is 0 Å². The number of hydrogen-bond donors (Lipinski definition) is 1. The van der Waals surface area contributed by atoms with Crippen molar-refractivity contribution in [3.05, 3.63) is 60.2 Å². The van der Waals surface area contributed by atoms with Gasteiger partial charge in [-0.2, -0.15) is 13.2 Å². The summed E-state index contributed by atoms with van der Waals surface area (Å²) in [5, 5.41) is 2.69. The van der Waals surface area contributed by atoms with Crippen molar-refractivity contribution in [2.75, 3.05) is 18.9 Å². The molecule has 2 rings (SSSR count). The van der Waals surface area contributed by atoms with Crippen molar-refractivity contribution in [3.8, 4) is 5.75 Å². The minimum atomic E-state index is -4.38. The summed E-state index contributed by atoms with van der Waals surface area (Å²) in [6, 6.07) is 14.0. The van der Waals surface area contributed by atoms with Crippen LogP contribution in [0.5, 0.6) is 5.75 Å². The molecule has 0 radical (unpaired) electrons. The molecule has 0 aliphatic rings. The highest BCUT2D eigenvalue weighted by atomic mass is 32.2. The molecular weight excluding hydrogens is 339 g/mol. The Morgan fingerprint density at radius 1 is 1.04 bits per heavy atom. The molecule has 0 aliphatic carbocycles. The van der Waals surface area contributed by atoms with Gasteiger partial charge in [0.1, 0.15) is 5.75 Å². The zero-order valence-electron chi connectivity index (χ0n) is 12.7. The minimum absolute atomic E-state index is 0.219. The average molecular weight is 355 g/mol. The van der Waals surface area contributed by atoms with Gasteiger partial charge in [0.15, 0.2) is 6.61 Å². The Labute approximate surface area is 142 Å². The Balaban J connectivity index is 1.66. The van der Waals surface area contributed by atoms with Gasteiger partial charge in [-0.1, -0.05) is 18.2 Å². The van der Waals surface area contributed by atoms with Crippen molar-refractivity contribution in [1.82, 2.24) is 5.32 Å². The van der Waals surface area contributed by atoms with Crippen molar-refractivity contribution in [1.29, 1.82) is 0 Å². The van der Waals surface area contributed by atoms with Crippen LogP contribution in [0.15, 0.2) is 59.5 Å². The highest BCUT2D eigenvalue weighted by Crippen LogP contribution is 2.30. The molecule has 1 N–H and O–H groups in total. The summed E-state index contributed by atoms with van der Waals surface area (Å²) in [5.74, 6) is 0.621. The first-order chi connectivity index (χ1) is 11.4. The second-order valence-electron chi connectivity index (χ2n) is 4.82. The monoisotopic (exact) mass is 355 g/mol. The lowest BCUT2D eigenvalue weighted by atomic mass is 10.2. The molecule has 2 aromatic rings. The zero-order chi connectivity index (χ0) is 17.4. The molecule has 24 heavy (non-hydrogen) atoms. The maximum Gasteiger partial charge on any atom is 0.416 e. The molecule has 0 aliphatic heterocycles. The Bertz CT molecular complexity index is 645. The second-order valence-corrected chi connectivity index (χ2v) is 5.99. The quantitative estimate of drug-likeness (QED) is 0.603. The van der Waals surface area contributed by atoms with Crippen LogP contribution in [0.3, 0.4) is 0 Å². The number of carbonyl (C=O) groups is 1. The molecule has 0 aromatic heterocycles. The smallest absolute Gasteiger partial charge is 0.416 e. The van der Waals surface area contributed by atoms with Crippen LogP contribution in [0.25, 0.3) is 0 Å². The number of hydrogen-bond acceptors (Lipinski definition) is 3. The van der Waals surface area contributed by atoms with E-state index in [4.69, 9.17) is 4.74 Å². The van der Waals surface area contributed by atoms with E-state index in [-0.39, 0.29) is 18.3 Å². The molecule has 0 saturated carbocycles. The van der Waals surface area contributed by atoms with E-state index >= 15 is 0 Å². The number of alkyl halides is 3. The first-order valence-corrected chi connectivity index (χ1v) is 8.18. The van der Waals surface area contributed by atoms with Crippen LogP contribution in [-0.2, 0) is 11.0 Å². The molecule has 7 heteroatoms. The number of carbonyl (C=O) groups excluding carboxylic acids is 1. The summed E-state index contributed by atoms with van der Waals surface area (Å²) >= 11 is 1.62. The lowest BCUT2D eigenvalue weighted by Crippen LogP contribution is -2.30. The normalized spacial score (nSPS) is 11.1. The predicted molar refractivity (Wildman–Crippen MR) is 87.1 cm³/mol. The molecule has 2 aromatic carbocycles. The third-order valence-electron chi connectivity index (χ3n) is 2.99. The predicted octanol–water partition coefficient (Wildman–Crippen LogP) is 3.99. The van der Waals surface area contributed by atoms with Crippen LogP contribution >= 0.6 is 11.8 Å². The van der Waals surface area contributed by atoms with E-state index in [0.29, 0.717) is 6.54 Å². The maximum atomic E-state index is 12.4. The van der Waals surface area contributed by atoms with Gasteiger partial charge in [-0.3, -0.25) is 4.79 Å². The summed E-state index contributed by atoms with van der Waals surface area (Å²) in [5.41, 5.74) is -0.753. The summed E-state index contributed by atoms with van der Waals surface area (Å²) in [7, 11) is 0.